The fourth-order valence-electron chi connectivity index (χ4n) is 6.02. The summed E-state index contributed by atoms with van der Waals surface area (Å²) in [5.74, 6) is 0.246. The standard InChI is InChI=1S/C36H45BrN4O6/c1-21-25-19-23(22-14-17-39(18-15-22)31(42)45-34(2,3)4)11-12-27(25)41(33(44)47-36(8,9)10)29(21)24-13-16-38-30-28(24)26(37)20-40(30)32(43)46-35(5,6)7/h11-13,16,19-20,22H,14-15,17-18H2,1-10H3. The molecule has 0 unspecified atom stereocenters. The molecule has 1 aliphatic heterocycles. The number of ether oxygens (including phenoxy) is 3. The van der Waals surface area contributed by atoms with Gasteiger partial charge in [0, 0.05) is 46.3 Å². The molecule has 0 atom stereocenters. The van der Waals surface area contributed by atoms with E-state index in [2.05, 4.69) is 33.0 Å². The van der Waals surface area contributed by atoms with E-state index >= 15 is 0 Å². The fraction of sp³-hybridized carbons (Fsp3) is 0.500. The lowest BCUT2D eigenvalue weighted by atomic mass is 9.88. The van der Waals surface area contributed by atoms with Crippen molar-refractivity contribution in [1.82, 2.24) is 19.0 Å². The molecule has 1 saturated heterocycles. The predicted molar refractivity (Wildman–Crippen MR) is 186 cm³/mol. The summed E-state index contributed by atoms with van der Waals surface area (Å²) in [4.78, 5) is 46.1. The van der Waals surface area contributed by atoms with Crippen LogP contribution in [-0.4, -0.2) is 67.2 Å². The van der Waals surface area contributed by atoms with Crippen molar-refractivity contribution in [2.75, 3.05) is 13.1 Å². The van der Waals surface area contributed by atoms with Crippen LogP contribution < -0.4 is 0 Å². The number of amides is 1. The van der Waals surface area contributed by atoms with Crippen LogP contribution in [0.2, 0.25) is 0 Å². The van der Waals surface area contributed by atoms with E-state index < -0.39 is 29.0 Å². The SMILES string of the molecule is Cc1c(-c2ccnc3c2c(Br)cn3C(=O)OC(C)(C)C)n(C(=O)OC(C)(C)C)c2ccc(C3CCN(C(=O)OC(C)(C)C)CC3)cc12. The van der Waals surface area contributed by atoms with Gasteiger partial charge in [-0.05, 0) is 133 Å². The first-order valence-corrected chi connectivity index (χ1v) is 16.8. The minimum atomic E-state index is -0.727. The van der Waals surface area contributed by atoms with Crippen LogP contribution in [0.3, 0.4) is 0 Å². The number of aromatic nitrogens is 3. The van der Waals surface area contributed by atoms with E-state index in [9.17, 15) is 14.4 Å². The average molecular weight is 710 g/mol. The van der Waals surface area contributed by atoms with E-state index in [0.717, 1.165) is 34.9 Å². The Bertz CT molecular complexity index is 1860. The molecule has 1 aliphatic rings. The van der Waals surface area contributed by atoms with Gasteiger partial charge in [-0.25, -0.2) is 28.5 Å². The van der Waals surface area contributed by atoms with Crippen LogP contribution in [-0.2, 0) is 14.2 Å². The highest BCUT2D eigenvalue weighted by molar-refractivity contribution is 9.10. The quantitative estimate of drug-likeness (QED) is 0.191. The maximum Gasteiger partial charge on any atom is 0.420 e. The Morgan fingerprint density at radius 3 is 2.00 bits per heavy atom. The smallest absolute Gasteiger partial charge is 0.420 e. The van der Waals surface area contributed by atoms with Gasteiger partial charge < -0.3 is 19.1 Å². The number of hydrogen-bond donors (Lipinski definition) is 0. The van der Waals surface area contributed by atoms with Crippen molar-refractivity contribution < 1.29 is 28.6 Å². The number of carbonyl (C=O) groups excluding carboxylic acids is 3. The number of rotatable bonds is 2. The number of halogens is 1. The van der Waals surface area contributed by atoms with Crippen molar-refractivity contribution in [2.24, 2.45) is 0 Å². The maximum absolute atomic E-state index is 13.9. The first-order valence-electron chi connectivity index (χ1n) is 16.0. The Morgan fingerprint density at radius 2 is 1.40 bits per heavy atom. The molecule has 4 heterocycles. The average Bonchev–Trinajstić information content (AvgIpc) is 3.44. The van der Waals surface area contributed by atoms with Crippen LogP contribution in [0.15, 0.2) is 41.1 Å². The second-order valence-corrected chi connectivity index (χ2v) is 16.0. The van der Waals surface area contributed by atoms with Crippen molar-refractivity contribution in [3.8, 4) is 11.3 Å². The van der Waals surface area contributed by atoms with Gasteiger partial charge in [0.15, 0.2) is 5.65 Å². The lowest BCUT2D eigenvalue weighted by Crippen LogP contribution is -2.41. The van der Waals surface area contributed by atoms with Crippen molar-refractivity contribution >= 4 is 56.1 Å². The molecule has 1 fully saturated rings. The lowest BCUT2D eigenvalue weighted by Gasteiger charge is -2.33. The first kappa shape index (κ1) is 34.5. The van der Waals surface area contributed by atoms with Crippen LogP contribution in [0.5, 0.6) is 0 Å². The third-order valence-electron chi connectivity index (χ3n) is 7.92. The summed E-state index contributed by atoms with van der Waals surface area (Å²) >= 11 is 3.66. The fourth-order valence-corrected chi connectivity index (χ4v) is 6.61. The Hall–Kier alpha value is -3.86. The van der Waals surface area contributed by atoms with E-state index in [1.807, 2.05) is 81.4 Å². The van der Waals surface area contributed by atoms with Gasteiger partial charge in [-0.1, -0.05) is 6.07 Å². The Kier molecular flexibility index (Phi) is 9.02. The molecule has 3 aromatic heterocycles. The highest BCUT2D eigenvalue weighted by atomic mass is 79.9. The highest BCUT2D eigenvalue weighted by Gasteiger charge is 2.31. The van der Waals surface area contributed by atoms with Crippen molar-refractivity contribution in [3.63, 3.8) is 0 Å². The van der Waals surface area contributed by atoms with Crippen LogP contribution >= 0.6 is 15.9 Å². The van der Waals surface area contributed by atoms with Gasteiger partial charge in [-0.3, -0.25) is 0 Å². The zero-order chi connectivity index (χ0) is 34.6. The molecule has 1 aromatic carbocycles. The summed E-state index contributed by atoms with van der Waals surface area (Å²) in [5.41, 5.74) is 2.58. The van der Waals surface area contributed by atoms with Gasteiger partial charge in [0.2, 0.25) is 0 Å². The van der Waals surface area contributed by atoms with E-state index in [0.29, 0.717) is 39.8 Å². The van der Waals surface area contributed by atoms with Crippen molar-refractivity contribution in [1.29, 1.82) is 0 Å². The molecule has 0 spiro atoms. The molecule has 0 N–H and O–H groups in total. The number of hydrogen-bond acceptors (Lipinski definition) is 7. The Morgan fingerprint density at radius 1 is 0.830 bits per heavy atom. The third-order valence-corrected chi connectivity index (χ3v) is 8.53. The van der Waals surface area contributed by atoms with Gasteiger partial charge in [0.25, 0.3) is 0 Å². The van der Waals surface area contributed by atoms with E-state index in [4.69, 9.17) is 14.2 Å². The molecule has 0 aliphatic carbocycles. The number of aryl methyl sites for hydroxylation is 1. The van der Waals surface area contributed by atoms with Crippen LogP contribution in [0.4, 0.5) is 14.4 Å². The van der Waals surface area contributed by atoms with Crippen LogP contribution in [0.25, 0.3) is 33.2 Å². The summed E-state index contributed by atoms with van der Waals surface area (Å²) in [6, 6.07) is 8.05. The van der Waals surface area contributed by atoms with Gasteiger partial charge >= 0.3 is 18.3 Å². The summed E-state index contributed by atoms with van der Waals surface area (Å²) in [5, 5.41) is 1.59. The van der Waals surface area contributed by atoms with Gasteiger partial charge in [0.1, 0.15) is 16.8 Å². The first-order chi connectivity index (χ1) is 21.7. The largest absolute Gasteiger partial charge is 0.444 e. The molecule has 4 aromatic rings. The summed E-state index contributed by atoms with van der Waals surface area (Å²) in [7, 11) is 0. The van der Waals surface area contributed by atoms with Gasteiger partial charge in [-0.2, -0.15) is 0 Å². The maximum atomic E-state index is 13.9. The molecular weight excluding hydrogens is 664 g/mol. The lowest BCUT2D eigenvalue weighted by molar-refractivity contribution is 0.0204. The molecule has 0 bridgehead atoms. The van der Waals surface area contributed by atoms with Crippen LogP contribution in [0.1, 0.15) is 92.2 Å². The Labute approximate surface area is 284 Å². The topological polar surface area (TPSA) is 105 Å². The zero-order valence-electron chi connectivity index (χ0n) is 29.0. The van der Waals surface area contributed by atoms with E-state index in [-0.39, 0.29) is 12.0 Å². The summed E-state index contributed by atoms with van der Waals surface area (Å²) in [6.07, 6.45) is 3.55. The molecule has 1 amide bonds. The van der Waals surface area contributed by atoms with E-state index in [1.54, 1.807) is 21.9 Å². The molecule has 10 nitrogen and oxygen atoms in total. The number of pyridine rings is 1. The van der Waals surface area contributed by atoms with E-state index in [1.165, 1.54) is 4.57 Å². The van der Waals surface area contributed by atoms with Gasteiger partial charge in [-0.15, -0.1) is 0 Å². The molecule has 0 radical (unpaired) electrons. The summed E-state index contributed by atoms with van der Waals surface area (Å²) in [6.45, 7) is 19.8. The molecule has 47 heavy (non-hydrogen) atoms. The minimum Gasteiger partial charge on any atom is -0.444 e. The molecule has 252 valence electrons. The van der Waals surface area contributed by atoms with Gasteiger partial charge in [0.05, 0.1) is 11.2 Å². The highest BCUT2D eigenvalue weighted by Crippen LogP contribution is 2.41. The number of piperidine rings is 1. The normalized spacial score (nSPS) is 14.9. The number of fused-ring (bicyclic) bond motifs is 2. The summed E-state index contributed by atoms with van der Waals surface area (Å²) < 4.78 is 20.8. The molecule has 5 rings (SSSR count). The molecular formula is C36H45BrN4O6. The second kappa shape index (κ2) is 12.3. The minimum absolute atomic E-state index is 0.246. The zero-order valence-corrected chi connectivity index (χ0v) is 30.6. The monoisotopic (exact) mass is 708 g/mol. The second-order valence-electron chi connectivity index (χ2n) is 15.2. The van der Waals surface area contributed by atoms with Crippen molar-refractivity contribution in [3.05, 3.63) is 52.3 Å². The third kappa shape index (κ3) is 7.35. The van der Waals surface area contributed by atoms with Crippen molar-refractivity contribution in [2.45, 2.75) is 105 Å². The molecule has 11 heteroatoms. The molecule has 0 saturated carbocycles. The Balaban J connectivity index is 1.60. The van der Waals surface area contributed by atoms with Crippen LogP contribution in [0, 0.1) is 6.92 Å². The number of benzene rings is 1. The number of nitrogens with zero attached hydrogens (tertiary/aromatic N) is 4. The number of likely N-dealkylation sites (tertiary alicyclic amines) is 1. The predicted octanol–water partition coefficient (Wildman–Crippen LogP) is 9.41. The number of carbonyl (C=O) groups is 3.